The highest BCUT2D eigenvalue weighted by molar-refractivity contribution is 6.30. The molecule has 1 amide bonds. The van der Waals surface area contributed by atoms with Crippen LogP contribution in [0.25, 0.3) is 0 Å². The van der Waals surface area contributed by atoms with Crippen LogP contribution in [0.3, 0.4) is 0 Å². The van der Waals surface area contributed by atoms with Gasteiger partial charge in [-0.3, -0.25) is 4.79 Å². The van der Waals surface area contributed by atoms with Crippen molar-refractivity contribution in [2.75, 3.05) is 33.4 Å². The minimum absolute atomic E-state index is 0.0424. The zero-order valence-corrected chi connectivity index (χ0v) is 13.7. The van der Waals surface area contributed by atoms with Gasteiger partial charge in [-0.25, -0.2) is 0 Å². The van der Waals surface area contributed by atoms with Crippen LogP contribution < -0.4 is 10.6 Å². The van der Waals surface area contributed by atoms with Gasteiger partial charge in [-0.05, 0) is 23.6 Å². The van der Waals surface area contributed by atoms with Crippen LogP contribution in [-0.2, 0) is 9.53 Å². The summed E-state index contributed by atoms with van der Waals surface area (Å²) in [6.45, 7) is 6.88. The second kappa shape index (κ2) is 9.77. The highest BCUT2D eigenvalue weighted by Gasteiger charge is 2.23. The fraction of sp³-hybridized carbons (Fsp3) is 0.562. The Morgan fingerprint density at radius 1 is 1.29 bits per heavy atom. The van der Waals surface area contributed by atoms with Gasteiger partial charge in [-0.15, -0.1) is 0 Å². The third-order valence-corrected chi connectivity index (χ3v) is 3.48. The SMILES string of the molecule is COCCNCCNC(=O)C(c1cccc(Cl)c1)C(C)C. The second-order valence-electron chi connectivity index (χ2n) is 5.31. The van der Waals surface area contributed by atoms with Gasteiger partial charge in [0, 0.05) is 31.8 Å². The Morgan fingerprint density at radius 3 is 2.67 bits per heavy atom. The fourth-order valence-corrected chi connectivity index (χ4v) is 2.42. The van der Waals surface area contributed by atoms with E-state index in [-0.39, 0.29) is 17.7 Å². The molecule has 0 saturated heterocycles. The summed E-state index contributed by atoms with van der Waals surface area (Å²) in [5.74, 6) is 0.0772. The number of carbonyl (C=O) groups excluding carboxylic acids is 1. The summed E-state index contributed by atoms with van der Waals surface area (Å²) in [6.07, 6.45) is 0. The summed E-state index contributed by atoms with van der Waals surface area (Å²) in [5.41, 5.74) is 0.961. The third-order valence-electron chi connectivity index (χ3n) is 3.24. The van der Waals surface area contributed by atoms with Crippen LogP contribution >= 0.6 is 11.6 Å². The lowest BCUT2D eigenvalue weighted by atomic mass is 9.87. The Labute approximate surface area is 132 Å². The number of amides is 1. The molecule has 0 aliphatic carbocycles. The lowest BCUT2D eigenvalue weighted by Crippen LogP contribution is -2.37. The fourth-order valence-electron chi connectivity index (χ4n) is 2.22. The third kappa shape index (κ3) is 6.46. The monoisotopic (exact) mass is 312 g/mol. The normalized spacial score (nSPS) is 12.4. The second-order valence-corrected chi connectivity index (χ2v) is 5.75. The minimum atomic E-state index is -0.178. The summed E-state index contributed by atoms with van der Waals surface area (Å²) < 4.78 is 4.95. The van der Waals surface area contributed by atoms with E-state index >= 15 is 0 Å². The summed E-state index contributed by atoms with van der Waals surface area (Å²) >= 11 is 6.02. The number of hydrogen-bond acceptors (Lipinski definition) is 3. The summed E-state index contributed by atoms with van der Waals surface area (Å²) in [7, 11) is 1.67. The van der Waals surface area contributed by atoms with Gasteiger partial charge in [0.05, 0.1) is 12.5 Å². The minimum Gasteiger partial charge on any atom is -0.383 e. The van der Waals surface area contributed by atoms with E-state index in [4.69, 9.17) is 16.3 Å². The molecule has 2 N–H and O–H groups in total. The number of halogens is 1. The van der Waals surface area contributed by atoms with E-state index in [1.165, 1.54) is 0 Å². The molecule has 1 rings (SSSR count). The average molecular weight is 313 g/mol. The molecule has 1 aromatic carbocycles. The van der Waals surface area contributed by atoms with E-state index in [0.717, 1.165) is 18.7 Å². The van der Waals surface area contributed by atoms with Crippen molar-refractivity contribution in [1.82, 2.24) is 10.6 Å². The van der Waals surface area contributed by atoms with Crippen LogP contribution in [0.4, 0.5) is 0 Å². The van der Waals surface area contributed by atoms with Gasteiger partial charge in [-0.1, -0.05) is 37.6 Å². The number of nitrogens with one attached hydrogen (secondary N) is 2. The van der Waals surface area contributed by atoms with Crippen molar-refractivity contribution in [2.24, 2.45) is 5.92 Å². The van der Waals surface area contributed by atoms with Crippen LogP contribution in [0, 0.1) is 5.92 Å². The van der Waals surface area contributed by atoms with Crippen LogP contribution in [0.1, 0.15) is 25.3 Å². The molecular weight excluding hydrogens is 288 g/mol. The van der Waals surface area contributed by atoms with E-state index in [9.17, 15) is 4.79 Å². The molecule has 0 heterocycles. The van der Waals surface area contributed by atoms with Crippen LogP contribution in [-0.4, -0.2) is 39.3 Å². The highest BCUT2D eigenvalue weighted by atomic mass is 35.5. The van der Waals surface area contributed by atoms with Gasteiger partial charge in [0.25, 0.3) is 0 Å². The maximum Gasteiger partial charge on any atom is 0.227 e. The molecular formula is C16H25ClN2O2. The predicted octanol–water partition coefficient (Wildman–Crippen LogP) is 2.43. The Hall–Kier alpha value is -1.10. The maximum atomic E-state index is 12.4. The molecule has 0 bridgehead atoms. The molecule has 0 saturated carbocycles. The zero-order chi connectivity index (χ0) is 15.7. The lowest BCUT2D eigenvalue weighted by Gasteiger charge is -2.21. The largest absolute Gasteiger partial charge is 0.383 e. The first-order valence-corrected chi connectivity index (χ1v) is 7.67. The van der Waals surface area contributed by atoms with Gasteiger partial charge in [0.2, 0.25) is 5.91 Å². The average Bonchev–Trinajstić information content (AvgIpc) is 2.42. The summed E-state index contributed by atoms with van der Waals surface area (Å²) in [4.78, 5) is 12.4. The van der Waals surface area contributed by atoms with Crippen molar-refractivity contribution in [3.05, 3.63) is 34.9 Å². The number of methoxy groups -OCH3 is 1. The number of ether oxygens (including phenoxy) is 1. The molecule has 5 heteroatoms. The Morgan fingerprint density at radius 2 is 2.05 bits per heavy atom. The zero-order valence-electron chi connectivity index (χ0n) is 13.0. The van der Waals surface area contributed by atoms with Gasteiger partial charge in [0.15, 0.2) is 0 Å². The smallest absolute Gasteiger partial charge is 0.227 e. The van der Waals surface area contributed by atoms with E-state index < -0.39 is 0 Å². The number of hydrogen-bond donors (Lipinski definition) is 2. The predicted molar refractivity (Wildman–Crippen MR) is 86.8 cm³/mol. The van der Waals surface area contributed by atoms with Crippen LogP contribution in [0.5, 0.6) is 0 Å². The molecule has 4 nitrogen and oxygen atoms in total. The quantitative estimate of drug-likeness (QED) is 0.689. The molecule has 1 atom stereocenters. The molecule has 1 aromatic rings. The first kappa shape index (κ1) is 18.0. The maximum absolute atomic E-state index is 12.4. The number of carbonyl (C=O) groups is 1. The van der Waals surface area contributed by atoms with Crippen molar-refractivity contribution in [3.63, 3.8) is 0 Å². The molecule has 0 radical (unpaired) electrons. The van der Waals surface area contributed by atoms with Gasteiger partial charge in [-0.2, -0.15) is 0 Å². The first-order chi connectivity index (χ1) is 10.1. The summed E-state index contributed by atoms with van der Waals surface area (Å²) in [6, 6.07) is 7.52. The molecule has 1 unspecified atom stereocenters. The Balaban J connectivity index is 2.51. The van der Waals surface area contributed by atoms with Crippen molar-refractivity contribution in [1.29, 1.82) is 0 Å². The van der Waals surface area contributed by atoms with Crippen molar-refractivity contribution in [2.45, 2.75) is 19.8 Å². The topological polar surface area (TPSA) is 50.4 Å². The van der Waals surface area contributed by atoms with Crippen molar-refractivity contribution < 1.29 is 9.53 Å². The van der Waals surface area contributed by atoms with E-state index in [1.54, 1.807) is 7.11 Å². The molecule has 0 aliphatic rings. The van der Waals surface area contributed by atoms with E-state index in [0.29, 0.717) is 18.2 Å². The van der Waals surface area contributed by atoms with Crippen LogP contribution in [0.15, 0.2) is 24.3 Å². The lowest BCUT2D eigenvalue weighted by molar-refractivity contribution is -0.123. The molecule has 118 valence electrons. The molecule has 0 spiro atoms. The number of rotatable bonds is 9. The highest BCUT2D eigenvalue weighted by Crippen LogP contribution is 2.26. The van der Waals surface area contributed by atoms with Crippen LogP contribution in [0.2, 0.25) is 5.02 Å². The van der Waals surface area contributed by atoms with Gasteiger partial charge >= 0.3 is 0 Å². The Kier molecular flexibility index (Phi) is 8.35. The van der Waals surface area contributed by atoms with Crippen molar-refractivity contribution >= 4 is 17.5 Å². The van der Waals surface area contributed by atoms with E-state index in [2.05, 4.69) is 10.6 Å². The Bertz CT molecular complexity index is 438. The molecule has 21 heavy (non-hydrogen) atoms. The standard InChI is InChI=1S/C16H25ClN2O2/c1-12(2)15(13-5-4-6-14(17)11-13)16(20)19-8-7-18-9-10-21-3/h4-6,11-12,15,18H,7-10H2,1-3H3,(H,19,20). The van der Waals surface area contributed by atoms with Gasteiger partial charge < -0.3 is 15.4 Å². The summed E-state index contributed by atoms with van der Waals surface area (Å²) in [5, 5.41) is 6.83. The molecule has 0 fully saturated rings. The first-order valence-electron chi connectivity index (χ1n) is 7.29. The molecule has 0 aliphatic heterocycles. The molecule has 0 aromatic heterocycles. The van der Waals surface area contributed by atoms with Gasteiger partial charge in [0.1, 0.15) is 0 Å². The van der Waals surface area contributed by atoms with E-state index in [1.807, 2.05) is 38.1 Å². The van der Waals surface area contributed by atoms with Crippen molar-refractivity contribution in [3.8, 4) is 0 Å². The number of benzene rings is 1.